The van der Waals surface area contributed by atoms with Crippen molar-refractivity contribution in [2.45, 2.75) is 51.2 Å². The highest BCUT2D eigenvalue weighted by Gasteiger charge is 2.25. The molecule has 3 N–H and O–H groups in total. The summed E-state index contributed by atoms with van der Waals surface area (Å²) >= 11 is 0. The lowest BCUT2D eigenvalue weighted by atomic mass is 10.3. The van der Waals surface area contributed by atoms with Crippen molar-refractivity contribution < 1.29 is 8.42 Å². The van der Waals surface area contributed by atoms with Gasteiger partial charge >= 0.3 is 0 Å². The molecule has 0 aromatic carbocycles. The van der Waals surface area contributed by atoms with Gasteiger partial charge in [-0.2, -0.15) is 5.10 Å². The molecule has 1 aromatic heterocycles. The second-order valence-corrected chi connectivity index (χ2v) is 7.60. The Labute approximate surface area is 127 Å². The number of hydrogen-bond acceptors (Lipinski definition) is 5. The van der Waals surface area contributed by atoms with E-state index in [1.165, 1.54) is 0 Å². The van der Waals surface area contributed by atoms with Crippen molar-refractivity contribution >= 4 is 10.0 Å². The van der Waals surface area contributed by atoms with E-state index in [0.29, 0.717) is 24.5 Å². The number of likely N-dealkylation sites (N-methyl/N-ethyl adjacent to an activating group) is 1. The van der Waals surface area contributed by atoms with Crippen LogP contribution < -0.4 is 10.0 Å². The molecule has 0 saturated carbocycles. The van der Waals surface area contributed by atoms with Gasteiger partial charge < -0.3 is 10.2 Å². The summed E-state index contributed by atoms with van der Waals surface area (Å²) in [6, 6.07) is 0.0865. The molecule has 0 aliphatic heterocycles. The van der Waals surface area contributed by atoms with Crippen molar-refractivity contribution in [3.8, 4) is 0 Å². The first-order valence-corrected chi connectivity index (χ1v) is 8.56. The van der Waals surface area contributed by atoms with Crippen LogP contribution in [0.15, 0.2) is 4.90 Å². The predicted octanol–water partition coefficient (Wildman–Crippen LogP) is 0.445. The maximum Gasteiger partial charge on any atom is 0.244 e. The Bertz CT molecular complexity index is 551. The van der Waals surface area contributed by atoms with Crippen LogP contribution in [0.5, 0.6) is 0 Å². The molecule has 122 valence electrons. The standard InChI is InChI=1S/C13H27N5O2S/c1-9(2)14-7-12-13(11(4)15-16-12)21(19,20)17-10(3)8-18(5)6/h9-10,14,17H,7-8H2,1-6H3,(H,15,16). The lowest BCUT2D eigenvalue weighted by molar-refractivity contribution is 0.370. The first-order chi connectivity index (χ1) is 9.63. The molecule has 0 spiro atoms. The number of nitrogens with zero attached hydrogens (tertiary/aromatic N) is 2. The monoisotopic (exact) mass is 317 g/mol. The van der Waals surface area contributed by atoms with Gasteiger partial charge in [0.1, 0.15) is 4.90 Å². The van der Waals surface area contributed by atoms with Crippen molar-refractivity contribution in [2.75, 3.05) is 20.6 Å². The van der Waals surface area contributed by atoms with Gasteiger partial charge in [0.05, 0.1) is 11.4 Å². The van der Waals surface area contributed by atoms with E-state index in [-0.39, 0.29) is 17.0 Å². The summed E-state index contributed by atoms with van der Waals surface area (Å²) in [6.07, 6.45) is 0. The summed E-state index contributed by atoms with van der Waals surface area (Å²) in [5.41, 5.74) is 1.07. The zero-order valence-electron chi connectivity index (χ0n) is 13.7. The Hall–Kier alpha value is -0.960. The highest BCUT2D eigenvalue weighted by atomic mass is 32.2. The van der Waals surface area contributed by atoms with Gasteiger partial charge in [0, 0.05) is 25.2 Å². The van der Waals surface area contributed by atoms with Gasteiger partial charge in [-0.15, -0.1) is 0 Å². The van der Waals surface area contributed by atoms with Gasteiger partial charge in [-0.05, 0) is 27.9 Å². The molecule has 0 fully saturated rings. The third-order valence-electron chi connectivity index (χ3n) is 2.90. The lowest BCUT2D eigenvalue weighted by Gasteiger charge is -2.18. The molecule has 1 aromatic rings. The van der Waals surface area contributed by atoms with Crippen LogP contribution in [0.4, 0.5) is 0 Å². The normalized spacial score (nSPS) is 14.1. The topological polar surface area (TPSA) is 90.1 Å². The predicted molar refractivity (Wildman–Crippen MR) is 83.6 cm³/mol. The van der Waals surface area contributed by atoms with E-state index in [1.807, 2.05) is 39.8 Å². The maximum atomic E-state index is 12.6. The molecule has 21 heavy (non-hydrogen) atoms. The number of rotatable bonds is 8. The Balaban J connectivity index is 2.94. The molecule has 0 aliphatic rings. The summed E-state index contributed by atoms with van der Waals surface area (Å²) in [5.74, 6) is 0. The number of aromatic amines is 1. The Morgan fingerprint density at radius 2 is 1.90 bits per heavy atom. The molecule has 0 saturated heterocycles. The zero-order chi connectivity index (χ0) is 16.2. The quantitative estimate of drug-likeness (QED) is 0.647. The van der Waals surface area contributed by atoms with Crippen LogP contribution in [0.1, 0.15) is 32.2 Å². The highest BCUT2D eigenvalue weighted by Crippen LogP contribution is 2.18. The van der Waals surface area contributed by atoms with Crippen molar-refractivity contribution in [3.05, 3.63) is 11.4 Å². The number of hydrogen-bond donors (Lipinski definition) is 3. The van der Waals surface area contributed by atoms with Crippen LogP contribution in [-0.2, 0) is 16.6 Å². The Morgan fingerprint density at radius 1 is 1.29 bits per heavy atom. The van der Waals surface area contributed by atoms with Gasteiger partial charge in [0.25, 0.3) is 0 Å². The summed E-state index contributed by atoms with van der Waals surface area (Å²) in [6.45, 7) is 8.63. The maximum absolute atomic E-state index is 12.6. The highest BCUT2D eigenvalue weighted by molar-refractivity contribution is 7.89. The minimum absolute atomic E-state index is 0.176. The molecular formula is C13H27N5O2S. The van der Waals surface area contributed by atoms with Crippen molar-refractivity contribution in [1.82, 2.24) is 25.1 Å². The number of nitrogens with one attached hydrogen (secondary N) is 3. The Morgan fingerprint density at radius 3 is 2.43 bits per heavy atom. The van der Waals surface area contributed by atoms with Crippen LogP contribution >= 0.6 is 0 Å². The van der Waals surface area contributed by atoms with Crippen LogP contribution in [-0.4, -0.2) is 56.2 Å². The summed E-state index contributed by atoms with van der Waals surface area (Å²) < 4.78 is 27.8. The van der Waals surface area contributed by atoms with E-state index in [9.17, 15) is 8.42 Å². The van der Waals surface area contributed by atoms with Gasteiger partial charge in [0.15, 0.2) is 0 Å². The fraction of sp³-hybridized carbons (Fsp3) is 0.769. The van der Waals surface area contributed by atoms with Crippen LogP contribution in [0.2, 0.25) is 0 Å². The summed E-state index contributed by atoms with van der Waals surface area (Å²) in [4.78, 5) is 2.19. The number of H-pyrrole nitrogens is 1. The third-order valence-corrected chi connectivity index (χ3v) is 4.70. The van der Waals surface area contributed by atoms with E-state index >= 15 is 0 Å². The van der Waals surface area contributed by atoms with E-state index in [1.54, 1.807) is 6.92 Å². The molecule has 1 rings (SSSR count). The average Bonchev–Trinajstić information content (AvgIpc) is 2.66. The molecular weight excluding hydrogens is 290 g/mol. The molecule has 1 heterocycles. The molecule has 7 nitrogen and oxygen atoms in total. The van der Waals surface area contributed by atoms with Gasteiger partial charge in [-0.1, -0.05) is 13.8 Å². The second kappa shape index (κ2) is 7.35. The fourth-order valence-corrected chi connectivity index (χ4v) is 3.75. The number of sulfonamides is 1. The minimum Gasteiger partial charge on any atom is -0.309 e. The molecule has 0 aliphatic carbocycles. The largest absolute Gasteiger partial charge is 0.309 e. The lowest BCUT2D eigenvalue weighted by Crippen LogP contribution is -2.40. The van der Waals surface area contributed by atoms with E-state index in [2.05, 4.69) is 20.2 Å². The second-order valence-electron chi connectivity index (χ2n) is 5.94. The molecule has 1 unspecified atom stereocenters. The molecule has 0 radical (unpaired) electrons. The van der Waals surface area contributed by atoms with E-state index in [0.717, 1.165) is 0 Å². The van der Waals surface area contributed by atoms with Gasteiger partial charge in [0.2, 0.25) is 10.0 Å². The number of aryl methyl sites for hydroxylation is 1. The number of aromatic nitrogens is 2. The van der Waals surface area contributed by atoms with Gasteiger partial charge in [-0.25, -0.2) is 13.1 Å². The molecule has 0 bridgehead atoms. The van der Waals surface area contributed by atoms with Crippen LogP contribution in [0, 0.1) is 6.92 Å². The zero-order valence-corrected chi connectivity index (χ0v) is 14.5. The average molecular weight is 317 g/mol. The molecule has 0 amide bonds. The molecule has 8 heteroatoms. The smallest absolute Gasteiger partial charge is 0.244 e. The van der Waals surface area contributed by atoms with Crippen molar-refractivity contribution in [1.29, 1.82) is 0 Å². The fourth-order valence-electron chi connectivity index (χ4n) is 2.16. The third kappa shape index (κ3) is 5.39. The Kier molecular flexibility index (Phi) is 6.33. The first-order valence-electron chi connectivity index (χ1n) is 7.07. The first kappa shape index (κ1) is 18.1. The SMILES string of the molecule is Cc1[nH]nc(CNC(C)C)c1S(=O)(=O)NC(C)CN(C)C. The van der Waals surface area contributed by atoms with E-state index < -0.39 is 10.0 Å². The molecule has 1 atom stereocenters. The summed E-state index contributed by atoms with van der Waals surface area (Å²) in [7, 11) is 0.236. The minimum atomic E-state index is -3.58. The van der Waals surface area contributed by atoms with Gasteiger partial charge in [-0.3, -0.25) is 5.10 Å². The van der Waals surface area contributed by atoms with Crippen molar-refractivity contribution in [2.24, 2.45) is 0 Å². The summed E-state index contributed by atoms with van der Waals surface area (Å²) in [5, 5.41) is 10.1. The van der Waals surface area contributed by atoms with E-state index in [4.69, 9.17) is 0 Å². The van der Waals surface area contributed by atoms with Crippen LogP contribution in [0.3, 0.4) is 0 Å². The van der Waals surface area contributed by atoms with Crippen molar-refractivity contribution in [3.63, 3.8) is 0 Å². The van der Waals surface area contributed by atoms with Crippen LogP contribution in [0.25, 0.3) is 0 Å².